The van der Waals surface area contributed by atoms with Gasteiger partial charge in [0, 0.05) is 25.3 Å². The van der Waals surface area contributed by atoms with Gasteiger partial charge in [0.05, 0.1) is 6.04 Å². The molecular formula is C21H27ClN2O4. The third kappa shape index (κ3) is 5.26. The Morgan fingerprint density at radius 2 is 2.21 bits per heavy atom. The van der Waals surface area contributed by atoms with Crippen LogP contribution in [0.5, 0.6) is 0 Å². The standard InChI is InChI=1S/C21H27ClN2O4/c1-27-11-5-10-23-20(25)14-24-17-8-2-3-9-18(17)28-19(21(24)26)13-15-6-4-7-16(22)12-15/h4,6-7,12-13,17-18H,2-3,5,8-11,14H2,1H3,(H,23,25)/b19-13+. The van der Waals surface area contributed by atoms with Crippen molar-refractivity contribution in [3.63, 3.8) is 0 Å². The topological polar surface area (TPSA) is 67.9 Å². The summed E-state index contributed by atoms with van der Waals surface area (Å²) in [5.41, 5.74) is 0.800. The van der Waals surface area contributed by atoms with Gasteiger partial charge in [-0.15, -0.1) is 0 Å². The lowest BCUT2D eigenvalue weighted by molar-refractivity contribution is -0.151. The molecule has 1 aliphatic heterocycles. The molecule has 3 rings (SSSR count). The second kappa shape index (κ2) is 9.94. The molecule has 2 amide bonds. The Kier molecular flexibility index (Phi) is 7.34. The Bertz CT molecular complexity index is 737. The normalized spacial score (nSPS) is 23.3. The van der Waals surface area contributed by atoms with Gasteiger partial charge < -0.3 is 19.7 Å². The number of carbonyl (C=O) groups excluding carboxylic acids is 2. The minimum atomic E-state index is -0.241. The van der Waals surface area contributed by atoms with E-state index in [-0.39, 0.29) is 36.3 Å². The van der Waals surface area contributed by atoms with Gasteiger partial charge in [-0.3, -0.25) is 9.59 Å². The molecule has 2 aliphatic rings. The number of ether oxygens (including phenoxy) is 2. The van der Waals surface area contributed by atoms with Gasteiger partial charge in [0.2, 0.25) is 5.91 Å². The molecule has 6 nitrogen and oxygen atoms in total. The highest BCUT2D eigenvalue weighted by molar-refractivity contribution is 6.30. The summed E-state index contributed by atoms with van der Waals surface area (Å²) in [5, 5.41) is 3.46. The van der Waals surface area contributed by atoms with Crippen LogP contribution in [0.15, 0.2) is 30.0 Å². The summed E-state index contributed by atoms with van der Waals surface area (Å²) in [5.74, 6) is -0.120. The average Bonchev–Trinajstić information content (AvgIpc) is 2.68. The average molecular weight is 407 g/mol. The van der Waals surface area contributed by atoms with Crippen molar-refractivity contribution in [1.29, 1.82) is 0 Å². The van der Waals surface area contributed by atoms with E-state index in [9.17, 15) is 9.59 Å². The molecule has 1 saturated heterocycles. The molecular weight excluding hydrogens is 380 g/mol. The molecule has 1 N–H and O–H groups in total. The molecule has 0 spiro atoms. The Morgan fingerprint density at radius 1 is 1.39 bits per heavy atom. The Hall–Kier alpha value is -2.05. The first-order valence-electron chi connectivity index (χ1n) is 9.79. The van der Waals surface area contributed by atoms with Crippen molar-refractivity contribution >= 4 is 29.5 Å². The third-order valence-electron chi connectivity index (χ3n) is 5.13. The Balaban J connectivity index is 1.74. The van der Waals surface area contributed by atoms with Gasteiger partial charge in [0.25, 0.3) is 5.91 Å². The SMILES string of the molecule is COCCCNC(=O)CN1C(=O)/C(=C\c2cccc(Cl)c2)OC2CCCCC21. The van der Waals surface area contributed by atoms with Gasteiger partial charge in [-0.25, -0.2) is 0 Å². The predicted molar refractivity (Wildman–Crippen MR) is 108 cm³/mol. The van der Waals surface area contributed by atoms with Gasteiger partial charge >= 0.3 is 0 Å². The van der Waals surface area contributed by atoms with E-state index >= 15 is 0 Å². The van der Waals surface area contributed by atoms with Crippen LogP contribution >= 0.6 is 11.6 Å². The number of benzene rings is 1. The number of fused-ring (bicyclic) bond motifs is 1. The number of halogens is 1. The lowest BCUT2D eigenvalue weighted by Gasteiger charge is -2.44. The van der Waals surface area contributed by atoms with E-state index in [1.807, 2.05) is 12.1 Å². The maximum atomic E-state index is 13.1. The molecule has 0 radical (unpaired) electrons. The minimum absolute atomic E-state index is 0.0449. The number of nitrogens with one attached hydrogen (secondary N) is 1. The fraction of sp³-hybridized carbons (Fsp3) is 0.524. The smallest absolute Gasteiger partial charge is 0.289 e. The van der Waals surface area contributed by atoms with E-state index in [1.165, 1.54) is 0 Å². The molecule has 1 saturated carbocycles. The molecule has 2 atom stereocenters. The zero-order chi connectivity index (χ0) is 19.9. The molecule has 2 unspecified atom stereocenters. The molecule has 152 valence electrons. The van der Waals surface area contributed by atoms with Gasteiger partial charge in [-0.2, -0.15) is 0 Å². The van der Waals surface area contributed by atoms with E-state index in [0.717, 1.165) is 37.7 Å². The Morgan fingerprint density at radius 3 is 3.00 bits per heavy atom. The summed E-state index contributed by atoms with van der Waals surface area (Å²) in [6, 6.07) is 7.21. The summed E-state index contributed by atoms with van der Waals surface area (Å²) in [4.78, 5) is 27.1. The fourth-order valence-electron chi connectivity index (χ4n) is 3.76. The largest absolute Gasteiger partial charge is 0.482 e. The van der Waals surface area contributed by atoms with Crippen molar-refractivity contribution in [3.05, 3.63) is 40.6 Å². The second-order valence-electron chi connectivity index (χ2n) is 7.20. The van der Waals surface area contributed by atoms with Crippen molar-refractivity contribution in [2.75, 3.05) is 26.8 Å². The number of morpholine rings is 1. The molecule has 1 heterocycles. The van der Waals surface area contributed by atoms with E-state index < -0.39 is 0 Å². The Labute approximate surface area is 170 Å². The van der Waals surface area contributed by atoms with Crippen molar-refractivity contribution in [2.45, 2.75) is 44.2 Å². The van der Waals surface area contributed by atoms with Crippen LogP contribution in [0.1, 0.15) is 37.7 Å². The highest BCUT2D eigenvalue weighted by Crippen LogP contribution is 2.33. The first kappa shape index (κ1) is 20.7. The lowest BCUT2D eigenvalue weighted by Crippen LogP contribution is -2.57. The van der Waals surface area contributed by atoms with E-state index in [1.54, 1.807) is 30.2 Å². The number of amides is 2. The monoisotopic (exact) mass is 406 g/mol. The third-order valence-corrected chi connectivity index (χ3v) is 5.36. The maximum absolute atomic E-state index is 13.1. The van der Waals surface area contributed by atoms with Crippen LogP contribution in [0.2, 0.25) is 5.02 Å². The molecule has 1 aromatic carbocycles. The predicted octanol–water partition coefficient (Wildman–Crippen LogP) is 3.00. The molecule has 1 aliphatic carbocycles. The number of hydrogen-bond acceptors (Lipinski definition) is 4. The summed E-state index contributed by atoms with van der Waals surface area (Å²) in [7, 11) is 1.63. The van der Waals surface area contributed by atoms with Crippen molar-refractivity contribution in [1.82, 2.24) is 10.2 Å². The van der Waals surface area contributed by atoms with Gasteiger partial charge in [-0.05, 0) is 49.5 Å². The van der Waals surface area contributed by atoms with Crippen LogP contribution in [0.25, 0.3) is 6.08 Å². The summed E-state index contributed by atoms with van der Waals surface area (Å²) >= 11 is 6.05. The fourth-order valence-corrected chi connectivity index (χ4v) is 3.96. The number of hydrogen-bond donors (Lipinski definition) is 1. The highest BCUT2D eigenvalue weighted by Gasteiger charge is 2.42. The highest BCUT2D eigenvalue weighted by atomic mass is 35.5. The van der Waals surface area contributed by atoms with Crippen LogP contribution in [-0.2, 0) is 19.1 Å². The van der Waals surface area contributed by atoms with Crippen LogP contribution < -0.4 is 5.32 Å². The number of nitrogens with zero attached hydrogens (tertiary/aromatic N) is 1. The van der Waals surface area contributed by atoms with Crippen LogP contribution in [0.3, 0.4) is 0 Å². The summed E-state index contributed by atoms with van der Waals surface area (Å²) < 4.78 is 11.0. The molecule has 1 aromatic rings. The zero-order valence-electron chi connectivity index (χ0n) is 16.2. The molecule has 2 fully saturated rings. The van der Waals surface area contributed by atoms with E-state index in [2.05, 4.69) is 5.32 Å². The first-order valence-corrected chi connectivity index (χ1v) is 10.2. The number of rotatable bonds is 7. The molecule has 28 heavy (non-hydrogen) atoms. The van der Waals surface area contributed by atoms with E-state index in [4.69, 9.17) is 21.1 Å². The quantitative estimate of drug-likeness (QED) is 0.558. The number of carbonyl (C=O) groups is 2. The van der Waals surface area contributed by atoms with Crippen molar-refractivity contribution in [2.24, 2.45) is 0 Å². The van der Waals surface area contributed by atoms with Crippen molar-refractivity contribution < 1.29 is 19.1 Å². The zero-order valence-corrected chi connectivity index (χ0v) is 16.9. The number of methoxy groups -OCH3 is 1. The lowest BCUT2D eigenvalue weighted by atomic mass is 9.89. The van der Waals surface area contributed by atoms with Gasteiger partial charge in [0.15, 0.2) is 5.76 Å². The summed E-state index contributed by atoms with van der Waals surface area (Å²) in [6.07, 6.45) is 6.23. The van der Waals surface area contributed by atoms with E-state index in [0.29, 0.717) is 18.2 Å². The maximum Gasteiger partial charge on any atom is 0.289 e. The first-order chi connectivity index (χ1) is 13.6. The van der Waals surface area contributed by atoms with Gasteiger partial charge in [0.1, 0.15) is 12.6 Å². The molecule has 0 aromatic heterocycles. The van der Waals surface area contributed by atoms with Gasteiger partial charge in [-0.1, -0.05) is 30.2 Å². The van der Waals surface area contributed by atoms with Crippen LogP contribution in [-0.4, -0.2) is 55.7 Å². The summed E-state index contributed by atoms with van der Waals surface area (Å²) in [6.45, 7) is 1.17. The molecule has 7 heteroatoms. The molecule has 0 bridgehead atoms. The van der Waals surface area contributed by atoms with Crippen LogP contribution in [0, 0.1) is 0 Å². The second-order valence-corrected chi connectivity index (χ2v) is 7.64. The van der Waals surface area contributed by atoms with Crippen LogP contribution in [0.4, 0.5) is 0 Å². The minimum Gasteiger partial charge on any atom is -0.482 e. The van der Waals surface area contributed by atoms with Crippen molar-refractivity contribution in [3.8, 4) is 0 Å².